The fraction of sp³-hybridized carbons (Fsp3) is 0.0714. The van der Waals surface area contributed by atoms with Crippen LogP contribution >= 0.6 is 11.6 Å². The first-order valence-electron chi connectivity index (χ1n) is 6.17. The van der Waals surface area contributed by atoms with Crippen LogP contribution in [-0.4, -0.2) is 20.2 Å². The lowest BCUT2D eigenvalue weighted by Gasteiger charge is -2.09. The first kappa shape index (κ1) is 13.5. The Balaban J connectivity index is 2.20. The summed E-state index contributed by atoms with van der Waals surface area (Å²) < 4.78 is 15.1. The summed E-state index contributed by atoms with van der Waals surface area (Å²) >= 11 is 5.69. The predicted octanol–water partition coefficient (Wildman–Crippen LogP) is 3.01. The van der Waals surface area contributed by atoms with Crippen molar-refractivity contribution in [2.75, 3.05) is 5.73 Å². The molecule has 7 heteroatoms. The lowest BCUT2D eigenvalue weighted by Crippen LogP contribution is -2.03. The SMILES string of the molecule is Cc1cccc(N)c1-c1nnnn1-c1ccc(Cl)c(F)c1. The largest absolute Gasteiger partial charge is 0.398 e. The molecule has 21 heavy (non-hydrogen) atoms. The maximum Gasteiger partial charge on any atom is 0.189 e. The zero-order valence-electron chi connectivity index (χ0n) is 11.1. The van der Waals surface area contributed by atoms with E-state index in [2.05, 4.69) is 15.5 Å². The van der Waals surface area contributed by atoms with E-state index >= 15 is 0 Å². The molecule has 0 aliphatic carbocycles. The van der Waals surface area contributed by atoms with Crippen molar-refractivity contribution in [2.45, 2.75) is 6.92 Å². The molecule has 106 valence electrons. The van der Waals surface area contributed by atoms with Gasteiger partial charge in [-0.05, 0) is 41.1 Å². The van der Waals surface area contributed by atoms with Gasteiger partial charge in [0, 0.05) is 17.3 Å². The minimum absolute atomic E-state index is 0.0452. The third-order valence-electron chi connectivity index (χ3n) is 3.15. The van der Waals surface area contributed by atoms with E-state index in [1.54, 1.807) is 12.1 Å². The van der Waals surface area contributed by atoms with Gasteiger partial charge in [-0.15, -0.1) is 5.10 Å². The van der Waals surface area contributed by atoms with Gasteiger partial charge in [-0.1, -0.05) is 23.7 Å². The average Bonchev–Trinajstić information content (AvgIpc) is 2.91. The molecule has 0 fully saturated rings. The highest BCUT2D eigenvalue weighted by Gasteiger charge is 2.16. The summed E-state index contributed by atoms with van der Waals surface area (Å²) in [5.41, 5.74) is 8.69. The molecule has 0 bridgehead atoms. The first-order valence-corrected chi connectivity index (χ1v) is 6.55. The Morgan fingerprint density at radius 3 is 2.76 bits per heavy atom. The lowest BCUT2D eigenvalue weighted by atomic mass is 10.1. The average molecular weight is 304 g/mol. The zero-order chi connectivity index (χ0) is 15.0. The second-order valence-electron chi connectivity index (χ2n) is 4.55. The smallest absolute Gasteiger partial charge is 0.189 e. The standard InChI is InChI=1S/C14H11ClFN5/c1-8-3-2-4-12(17)13(8)14-18-19-20-21(14)9-5-6-10(15)11(16)7-9/h2-7H,17H2,1H3. The second kappa shape index (κ2) is 5.14. The topological polar surface area (TPSA) is 69.6 Å². The molecule has 0 atom stereocenters. The number of hydrogen-bond donors (Lipinski definition) is 1. The number of halogens is 2. The van der Waals surface area contributed by atoms with Crippen LogP contribution in [0.5, 0.6) is 0 Å². The highest BCUT2D eigenvalue weighted by Crippen LogP contribution is 2.29. The first-order chi connectivity index (χ1) is 10.1. The van der Waals surface area contributed by atoms with Crippen LogP contribution in [-0.2, 0) is 0 Å². The van der Waals surface area contributed by atoms with E-state index in [4.69, 9.17) is 17.3 Å². The zero-order valence-corrected chi connectivity index (χ0v) is 11.8. The molecule has 0 aliphatic heterocycles. The summed E-state index contributed by atoms with van der Waals surface area (Å²) in [7, 11) is 0. The predicted molar refractivity (Wildman–Crippen MR) is 78.7 cm³/mol. The third-order valence-corrected chi connectivity index (χ3v) is 3.45. The molecule has 2 aromatic carbocycles. The minimum atomic E-state index is -0.534. The van der Waals surface area contributed by atoms with Crippen molar-refractivity contribution in [2.24, 2.45) is 0 Å². The number of aryl methyl sites for hydroxylation is 1. The van der Waals surface area contributed by atoms with Crippen LogP contribution in [0.3, 0.4) is 0 Å². The second-order valence-corrected chi connectivity index (χ2v) is 4.96. The molecule has 1 aromatic heterocycles. The van der Waals surface area contributed by atoms with Crippen LogP contribution in [0.2, 0.25) is 5.02 Å². The summed E-state index contributed by atoms with van der Waals surface area (Å²) in [5, 5.41) is 11.6. The van der Waals surface area contributed by atoms with Gasteiger partial charge in [-0.25, -0.2) is 4.39 Å². The molecule has 3 aromatic rings. The number of hydrogen-bond acceptors (Lipinski definition) is 4. The molecule has 2 N–H and O–H groups in total. The van der Waals surface area contributed by atoms with Crippen molar-refractivity contribution in [3.05, 3.63) is 52.8 Å². The summed E-state index contributed by atoms with van der Waals surface area (Å²) in [6.07, 6.45) is 0. The van der Waals surface area contributed by atoms with Gasteiger partial charge in [0.2, 0.25) is 0 Å². The number of aromatic nitrogens is 4. The summed E-state index contributed by atoms with van der Waals surface area (Å²) in [5.74, 6) is -0.0827. The summed E-state index contributed by atoms with van der Waals surface area (Å²) in [4.78, 5) is 0. The van der Waals surface area contributed by atoms with E-state index < -0.39 is 5.82 Å². The molecule has 0 amide bonds. The number of tetrazole rings is 1. The number of nitrogen functional groups attached to an aromatic ring is 1. The molecule has 0 radical (unpaired) electrons. The van der Waals surface area contributed by atoms with Gasteiger partial charge >= 0.3 is 0 Å². The molecule has 0 aliphatic rings. The van der Waals surface area contributed by atoms with Crippen molar-refractivity contribution in [3.63, 3.8) is 0 Å². The van der Waals surface area contributed by atoms with Crippen molar-refractivity contribution in [1.29, 1.82) is 0 Å². The molecule has 3 rings (SSSR count). The normalized spacial score (nSPS) is 10.8. The minimum Gasteiger partial charge on any atom is -0.398 e. The molecule has 0 spiro atoms. The molecule has 0 unspecified atom stereocenters. The monoisotopic (exact) mass is 303 g/mol. The molecule has 1 heterocycles. The van der Waals surface area contributed by atoms with Crippen molar-refractivity contribution >= 4 is 17.3 Å². The van der Waals surface area contributed by atoms with Crippen molar-refractivity contribution in [1.82, 2.24) is 20.2 Å². The number of nitrogens with two attached hydrogens (primary N) is 1. The number of nitrogens with zero attached hydrogens (tertiary/aromatic N) is 4. The molecule has 5 nitrogen and oxygen atoms in total. The van der Waals surface area contributed by atoms with Crippen LogP contribution in [0.15, 0.2) is 36.4 Å². The van der Waals surface area contributed by atoms with Gasteiger partial charge < -0.3 is 5.73 Å². The lowest BCUT2D eigenvalue weighted by molar-refractivity contribution is 0.625. The highest BCUT2D eigenvalue weighted by atomic mass is 35.5. The number of anilines is 1. The Hall–Kier alpha value is -2.47. The Bertz CT molecular complexity index is 795. The number of benzene rings is 2. The molecular formula is C14H11ClFN5. The van der Waals surface area contributed by atoms with E-state index in [9.17, 15) is 4.39 Å². The van der Waals surface area contributed by atoms with Gasteiger partial charge in [0.25, 0.3) is 0 Å². The Morgan fingerprint density at radius 1 is 1.24 bits per heavy atom. The van der Waals surface area contributed by atoms with Gasteiger partial charge in [0.1, 0.15) is 5.82 Å². The van der Waals surface area contributed by atoms with E-state index in [0.717, 1.165) is 11.1 Å². The Morgan fingerprint density at radius 2 is 2.05 bits per heavy atom. The Labute approximate surface area is 125 Å². The van der Waals surface area contributed by atoms with E-state index in [0.29, 0.717) is 17.2 Å². The Kier molecular flexibility index (Phi) is 3.31. The fourth-order valence-corrected chi connectivity index (χ4v) is 2.25. The summed E-state index contributed by atoms with van der Waals surface area (Å²) in [6, 6.07) is 9.90. The van der Waals surface area contributed by atoms with Crippen LogP contribution in [0.25, 0.3) is 17.1 Å². The fourth-order valence-electron chi connectivity index (χ4n) is 2.13. The van der Waals surface area contributed by atoms with E-state index in [-0.39, 0.29) is 5.02 Å². The van der Waals surface area contributed by atoms with Crippen LogP contribution < -0.4 is 5.73 Å². The van der Waals surface area contributed by atoms with Crippen LogP contribution in [0.4, 0.5) is 10.1 Å². The maximum absolute atomic E-state index is 13.6. The van der Waals surface area contributed by atoms with Gasteiger partial charge in [-0.3, -0.25) is 0 Å². The number of rotatable bonds is 2. The van der Waals surface area contributed by atoms with Crippen molar-refractivity contribution < 1.29 is 4.39 Å². The molecule has 0 saturated carbocycles. The maximum atomic E-state index is 13.6. The van der Waals surface area contributed by atoms with E-state index in [1.807, 2.05) is 19.1 Å². The highest BCUT2D eigenvalue weighted by molar-refractivity contribution is 6.30. The van der Waals surface area contributed by atoms with Gasteiger partial charge in [0.15, 0.2) is 5.82 Å². The third kappa shape index (κ3) is 2.34. The quantitative estimate of drug-likeness (QED) is 0.739. The van der Waals surface area contributed by atoms with Crippen LogP contribution in [0.1, 0.15) is 5.56 Å². The molecular weight excluding hydrogens is 293 g/mol. The van der Waals surface area contributed by atoms with Gasteiger partial charge in [0.05, 0.1) is 10.7 Å². The summed E-state index contributed by atoms with van der Waals surface area (Å²) in [6.45, 7) is 1.91. The molecule has 0 saturated heterocycles. The van der Waals surface area contributed by atoms with Crippen LogP contribution in [0, 0.1) is 12.7 Å². The van der Waals surface area contributed by atoms with E-state index in [1.165, 1.54) is 16.8 Å². The van der Waals surface area contributed by atoms with Gasteiger partial charge in [-0.2, -0.15) is 4.68 Å². The van der Waals surface area contributed by atoms with Crippen molar-refractivity contribution in [3.8, 4) is 17.1 Å².